The number of ether oxygens (including phenoxy) is 1. The highest BCUT2D eigenvalue weighted by atomic mass is 19.3. The summed E-state index contributed by atoms with van der Waals surface area (Å²) in [4.78, 5) is 20.6. The van der Waals surface area contributed by atoms with Gasteiger partial charge in [0.2, 0.25) is 18.2 Å². The van der Waals surface area contributed by atoms with Gasteiger partial charge in [-0.25, -0.2) is 8.78 Å². The lowest BCUT2D eigenvalue weighted by atomic mass is 9.53. The largest absolute Gasteiger partial charge is 0.449 e. The number of fused-ring (bicyclic) bond motifs is 3. The van der Waals surface area contributed by atoms with Crippen molar-refractivity contribution in [2.45, 2.75) is 95.3 Å². The zero-order valence-electron chi connectivity index (χ0n) is 23.9. The molecule has 11 heteroatoms. The Morgan fingerprint density at radius 1 is 1.12 bits per heavy atom. The standard InChI is InChI=1S/C31H37F2N5O4/c1-2-40-29-36-35-27(41-29)21-4-3-5-23(17-21)38(24(39)16-19-14-22(15-19)25(32)33)18-30-8-11-31(12-9-30,13-10-30)28-34-26(37-42-28)20-6-7-20/h3-5,17,19-20,22,25H,2,6-16,18H2,1H3. The first kappa shape index (κ1) is 27.5. The van der Waals surface area contributed by atoms with E-state index in [1.54, 1.807) is 0 Å². The van der Waals surface area contributed by atoms with E-state index in [4.69, 9.17) is 18.7 Å². The molecule has 3 aromatic rings. The Balaban J connectivity index is 1.11. The topological polar surface area (TPSA) is 107 Å². The number of alkyl halides is 2. The van der Waals surface area contributed by atoms with Gasteiger partial charge in [0.15, 0.2) is 5.82 Å². The molecule has 9 nitrogen and oxygen atoms in total. The summed E-state index contributed by atoms with van der Waals surface area (Å²) < 4.78 is 43.1. The third kappa shape index (κ3) is 5.19. The van der Waals surface area contributed by atoms with Crippen molar-refractivity contribution in [2.75, 3.05) is 18.1 Å². The number of carbonyl (C=O) groups is 1. The zero-order chi connectivity index (χ0) is 28.9. The Labute approximate surface area is 243 Å². The molecule has 0 saturated heterocycles. The van der Waals surface area contributed by atoms with Crippen molar-refractivity contribution < 1.29 is 27.3 Å². The Kier molecular flexibility index (Phi) is 7.01. The first-order chi connectivity index (χ1) is 20.4. The molecule has 42 heavy (non-hydrogen) atoms. The fourth-order valence-corrected chi connectivity index (χ4v) is 7.27. The summed E-state index contributed by atoms with van der Waals surface area (Å²) in [5.41, 5.74) is 1.35. The van der Waals surface area contributed by atoms with Crippen LogP contribution in [0, 0.1) is 17.3 Å². The third-order valence-electron chi connectivity index (χ3n) is 10.2. The van der Waals surface area contributed by atoms with Gasteiger partial charge in [-0.05, 0) is 101 Å². The van der Waals surface area contributed by atoms with Crippen LogP contribution in [-0.2, 0) is 10.2 Å². The minimum Gasteiger partial charge on any atom is -0.449 e. The quantitative estimate of drug-likeness (QED) is 0.246. The van der Waals surface area contributed by atoms with E-state index in [1.165, 1.54) is 0 Å². The molecular weight excluding hydrogens is 544 g/mol. The molecule has 0 aliphatic heterocycles. The molecule has 1 amide bonds. The maximum atomic E-state index is 13.9. The smallest absolute Gasteiger partial charge is 0.414 e. The SMILES string of the molecule is CCOc1nnc(-c2cccc(N(CC34CCC(c5nc(C6CC6)no5)(CC3)CC4)C(=O)CC3CC(C(F)F)C3)c2)o1. The molecule has 0 spiro atoms. The Morgan fingerprint density at radius 3 is 2.57 bits per heavy atom. The maximum absolute atomic E-state index is 13.9. The molecule has 0 unspecified atom stereocenters. The van der Waals surface area contributed by atoms with E-state index in [0.29, 0.717) is 43.4 Å². The van der Waals surface area contributed by atoms with Crippen LogP contribution < -0.4 is 9.64 Å². The fourth-order valence-electron chi connectivity index (χ4n) is 7.27. The summed E-state index contributed by atoms with van der Waals surface area (Å²) in [5, 5.41) is 12.3. The number of nitrogens with zero attached hydrogens (tertiary/aromatic N) is 5. The second-order valence-electron chi connectivity index (χ2n) is 13.0. The molecule has 5 aliphatic carbocycles. The molecule has 2 bridgehead atoms. The third-order valence-corrected chi connectivity index (χ3v) is 10.2. The molecule has 0 radical (unpaired) electrons. The van der Waals surface area contributed by atoms with Crippen molar-refractivity contribution in [3.63, 3.8) is 0 Å². The van der Waals surface area contributed by atoms with Gasteiger partial charge in [-0.15, -0.1) is 5.10 Å². The summed E-state index contributed by atoms with van der Waals surface area (Å²) in [6, 6.07) is 7.56. The molecule has 8 rings (SSSR count). The lowest BCUT2D eigenvalue weighted by molar-refractivity contribution is -0.122. The van der Waals surface area contributed by atoms with Crippen molar-refractivity contribution in [3.05, 3.63) is 36.0 Å². The molecule has 5 fully saturated rings. The van der Waals surface area contributed by atoms with E-state index >= 15 is 0 Å². The van der Waals surface area contributed by atoms with Gasteiger partial charge in [0.05, 0.1) is 6.61 Å². The number of halogens is 2. The van der Waals surface area contributed by atoms with Gasteiger partial charge in [0.1, 0.15) is 0 Å². The van der Waals surface area contributed by atoms with Gasteiger partial charge in [-0.3, -0.25) is 4.79 Å². The van der Waals surface area contributed by atoms with Crippen molar-refractivity contribution in [1.82, 2.24) is 20.3 Å². The summed E-state index contributed by atoms with van der Waals surface area (Å²) in [7, 11) is 0. The first-order valence-corrected chi connectivity index (χ1v) is 15.3. The maximum Gasteiger partial charge on any atom is 0.414 e. The molecule has 2 aromatic heterocycles. The van der Waals surface area contributed by atoms with Crippen LogP contribution in [0.3, 0.4) is 0 Å². The van der Waals surface area contributed by atoms with E-state index in [-0.39, 0.29) is 35.2 Å². The summed E-state index contributed by atoms with van der Waals surface area (Å²) in [5.74, 6) is 1.81. The van der Waals surface area contributed by atoms with Crippen LogP contribution in [0.5, 0.6) is 6.08 Å². The number of hydrogen-bond donors (Lipinski definition) is 0. The Morgan fingerprint density at radius 2 is 1.88 bits per heavy atom. The first-order valence-electron chi connectivity index (χ1n) is 15.3. The van der Waals surface area contributed by atoms with Crippen molar-refractivity contribution in [1.29, 1.82) is 0 Å². The number of anilines is 1. The molecular formula is C31H37F2N5O4. The van der Waals surface area contributed by atoms with Gasteiger partial charge in [-0.1, -0.05) is 16.3 Å². The van der Waals surface area contributed by atoms with Crippen molar-refractivity contribution >= 4 is 11.6 Å². The Hall–Kier alpha value is -3.37. The molecule has 5 aliphatic rings. The molecule has 2 heterocycles. The van der Waals surface area contributed by atoms with Crippen LogP contribution in [0.2, 0.25) is 0 Å². The van der Waals surface area contributed by atoms with Crippen LogP contribution in [-0.4, -0.2) is 45.8 Å². The van der Waals surface area contributed by atoms with Gasteiger partial charge in [0, 0.05) is 41.5 Å². The van der Waals surface area contributed by atoms with Gasteiger partial charge < -0.3 is 18.6 Å². The normalized spacial score (nSPS) is 28.6. The van der Waals surface area contributed by atoms with Crippen LogP contribution in [0.15, 0.2) is 33.2 Å². The van der Waals surface area contributed by atoms with Crippen LogP contribution in [0.25, 0.3) is 11.5 Å². The fraction of sp³-hybridized carbons (Fsp3) is 0.645. The van der Waals surface area contributed by atoms with Crippen LogP contribution in [0.1, 0.15) is 95.2 Å². The Bertz CT molecular complexity index is 1410. The highest BCUT2D eigenvalue weighted by Gasteiger charge is 2.53. The second-order valence-corrected chi connectivity index (χ2v) is 13.0. The predicted octanol–water partition coefficient (Wildman–Crippen LogP) is 6.70. The van der Waals surface area contributed by atoms with E-state index in [0.717, 1.165) is 68.8 Å². The molecule has 1 aromatic carbocycles. The van der Waals surface area contributed by atoms with Crippen molar-refractivity contribution in [2.24, 2.45) is 17.3 Å². The monoisotopic (exact) mass is 581 g/mol. The summed E-state index contributed by atoms with van der Waals surface area (Å²) in [6.07, 6.45) is 6.93. The molecule has 0 N–H and O–H groups in total. The molecule has 224 valence electrons. The lowest BCUT2D eigenvalue weighted by Gasteiger charge is -2.53. The number of benzene rings is 1. The summed E-state index contributed by atoms with van der Waals surface area (Å²) >= 11 is 0. The van der Waals surface area contributed by atoms with Crippen molar-refractivity contribution in [3.8, 4) is 17.5 Å². The predicted molar refractivity (Wildman–Crippen MR) is 148 cm³/mol. The molecule has 0 atom stereocenters. The van der Waals surface area contributed by atoms with E-state index < -0.39 is 12.3 Å². The highest BCUT2D eigenvalue weighted by Crippen LogP contribution is 2.58. The van der Waals surface area contributed by atoms with Gasteiger partial charge in [-0.2, -0.15) is 4.98 Å². The average molecular weight is 582 g/mol. The zero-order valence-corrected chi connectivity index (χ0v) is 23.9. The number of hydrogen-bond acceptors (Lipinski definition) is 8. The number of rotatable bonds is 11. The van der Waals surface area contributed by atoms with Crippen LogP contribution in [0.4, 0.5) is 14.5 Å². The second kappa shape index (κ2) is 10.7. The minimum atomic E-state index is -2.32. The van der Waals surface area contributed by atoms with E-state index in [9.17, 15) is 13.6 Å². The average Bonchev–Trinajstić information content (AvgIpc) is 3.51. The van der Waals surface area contributed by atoms with E-state index in [2.05, 4.69) is 15.4 Å². The molecule has 5 saturated carbocycles. The minimum absolute atomic E-state index is 0.00655. The number of carbonyl (C=O) groups excluding carboxylic acids is 1. The van der Waals surface area contributed by atoms with E-state index in [1.807, 2.05) is 36.1 Å². The summed E-state index contributed by atoms with van der Waals surface area (Å²) in [6.45, 7) is 2.84. The van der Waals surface area contributed by atoms with Gasteiger partial charge in [0.25, 0.3) is 5.89 Å². The number of amides is 1. The van der Waals surface area contributed by atoms with Gasteiger partial charge >= 0.3 is 6.08 Å². The van der Waals surface area contributed by atoms with Crippen LogP contribution >= 0.6 is 0 Å². The number of aromatic nitrogens is 4. The highest BCUT2D eigenvalue weighted by molar-refractivity contribution is 5.94. The lowest BCUT2D eigenvalue weighted by Crippen LogP contribution is -2.51.